The third kappa shape index (κ3) is 5.50. The van der Waals surface area contributed by atoms with E-state index in [0.29, 0.717) is 47.2 Å². The van der Waals surface area contributed by atoms with Crippen LogP contribution in [0, 0.1) is 0 Å². The average Bonchev–Trinajstić information content (AvgIpc) is 2.84. The van der Waals surface area contributed by atoms with E-state index < -0.39 is 11.9 Å². The van der Waals surface area contributed by atoms with Crippen molar-refractivity contribution in [3.8, 4) is 23.0 Å². The van der Waals surface area contributed by atoms with Gasteiger partial charge in [-0.2, -0.15) is 5.10 Å². The first-order chi connectivity index (χ1) is 16.0. The second-order valence-corrected chi connectivity index (χ2v) is 7.78. The number of hydrogen-bond acceptors (Lipinski definition) is 7. The average molecular weight is 511 g/mol. The van der Waals surface area contributed by atoms with Gasteiger partial charge in [-0.3, -0.25) is 4.79 Å². The number of esters is 1. The number of benzene rings is 3. The van der Waals surface area contributed by atoms with Crippen LogP contribution in [0.15, 0.2) is 70.2 Å². The fraction of sp³-hybridized carbons (Fsp3) is 0.125. The van der Waals surface area contributed by atoms with Crippen LogP contribution in [-0.2, 0) is 0 Å². The summed E-state index contributed by atoms with van der Waals surface area (Å²) in [4.78, 5) is 24.7. The third-order valence-corrected chi connectivity index (χ3v) is 5.18. The molecule has 1 aliphatic rings. The summed E-state index contributed by atoms with van der Waals surface area (Å²) in [5, 5.41) is 3.99. The van der Waals surface area contributed by atoms with Gasteiger partial charge in [-0.25, -0.2) is 10.2 Å². The van der Waals surface area contributed by atoms with Gasteiger partial charge in [0.25, 0.3) is 5.91 Å². The number of ether oxygens (including phenoxy) is 4. The van der Waals surface area contributed by atoms with Gasteiger partial charge in [0.15, 0.2) is 23.0 Å². The van der Waals surface area contributed by atoms with Crippen LogP contribution in [0.25, 0.3) is 0 Å². The van der Waals surface area contributed by atoms with Gasteiger partial charge in [0, 0.05) is 10.0 Å². The van der Waals surface area contributed by atoms with Gasteiger partial charge in [0.2, 0.25) is 0 Å². The Hall–Kier alpha value is -3.85. The summed E-state index contributed by atoms with van der Waals surface area (Å²) in [5.41, 5.74) is 3.91. The second-order valence-electron chi connectivity index (χ2n) is 6.86. The molecule has 0 fully saturated rings. The Morgan fingerprint density at radius 1 is 0.939 bits per heavy atom. The molecule has 3 aromatic carbocycles. The minimum Gasteiger partial charge on any atom is -0.493 e. The van der Waals surface area contributed by atoms with Crippen molar-refractivity contribution in [1.29, 1.82) is 0 Å². The van der Waals surface area contributed by atoms with E-state index in [2.05, 4.69) is 26.5 Å². The molecule has 0 radical (unpaired) electrons. The summed E-state index contributed by atoms with van der Waals surface area (Å²) in [5.74, 6) is 0.847. The van der Waals surface area contributed by atoms with Crippen LogP contribution < -0.4 is 24.4 Å². The number of carbonyl (C=O) groups excluding carboxylic acids is 2. The van der Waals surface area contributed by atoms with Gasteiger partial charge in [0.1, 0.15) is 13.2 Å². The van der Waals surface area contributed by atoms with Crippen molar-refractivity contribution in [2.24, 2.45) is 5.10 Å². The van der Waals surface area contributed by atoms with E-state index in [9.17, 15) is 9.59 Å². The Labute approximate surface area is 198 Å². The lowest BCUT2D eigenvalue weighted by atomic mass is 10.2. The second kappa shape index (κ2) is 10.2. The normalized spacial score (nSPS) is 12.3. The summed E-state index contributed by atoms with van der Waals surface area (Å²) >= 11 is 3.33. The lowest BCUT2D eigenvalue weighted by Crippen LogP contribution is -2.19. The molecule has 0 saturated carbocycles. The Kier molecular flexibility index (Phi) is 6.89. The molecule has 0 aromatic heterocycles. The van der Waals surface area contributed by atoms with Gasteiger partial charge in [-0.05, 0) is 66.2 Å². The van der Waals surface area contributed by atoms with Crippen LogP contribution in [0.3, 0.4) is 0 Å². The molecule has 4 rings (SSSR count). The van der Waals surface area contributed by atoms with Crippen molar-refractivity contribution < 1.29 is 28.5 Å². The lowest BCUT2D eigenvalue weighted by Gasteiger charge is -2.18. The van der Waals surface area contributed by atoms with Gasteiger partial charge < -0.3 is 18.9 Å². The maximum atomic E-state index is 12.4. The van der Waals surface area contributed by atoms with Gasteiger partial charge >= 0.3 is 5.97 Å². The molecular weight excluding hydrogens is 492 g/mol. The minimum atomic E-state index is -0.506. The molecule has 1 heterocycles. The predicted octanol–water partition coefficient (Wildman–Crippen LogP) is 4.21. The first-order valence-corrected chi connectivity index (χ1v) is 10.7. The Balaban J connectivity index is 1.40. The van der Waals surface area contributed by atoms with Crippen molar-refractivity contribution in [2.45, 2.75) is 0 Å². The fourth-order valence-corrected chi connectivity index (χ4v) is 3.27. The molecule has 168 valence electrons. The van der Waals surface area contributed by atoms with E-state index >= 15 is 0 Å². The zero-order valence-corrected chi connectivity index (χ0v) is 19.1. The minimum absolute atomic E-state index is 0.267. The number of methoxy groups -OCH3 is 1. The van der Waals surface area contributed by atoms with Gasteiger partial charge in [0.05, 0.1) is 18.9 Å². The van der Waals surface area contributed by atoms with Crippen molar-refractivity contribution >= 4 is 34.0 Å². The molecule has 8 nitrogen and oxygen atoms in total. The molecule has 0 bridgehead atoms. The zero-order valence-electron chi connectivity index (χ0n) is 17.5. The first kappa shape index (κ1) is 22.3. The van der Waals surface area contributed by atoms with E-state index in [1.54, 1.807) is 60.7 Å². The lowest BCUT2D eigenvalue weighted by molar-refractivity contribution is 0.0729. The van der Waals surface area contributed by atoms with Gasteiger partial charge in [-0.15, -0.1) is 0 Å². The Bertz CT molecular complexity index is 1210. The fourth-order valence-electron chi connectivity index (χ4n) is 3.01. The summed E-state index contributed by atoms with van der Waals surface area (Å²) in [7, 11) is 1.47. The number of amides is 1. The van der Waals surface area contributed by atoms with E-state index in [-0.39, 0.29) is 5.75 Å². The van der Waals surface area contributed by atoms with Crippen molar-refractivity contribution in [3.05, 3.63) is 81.8 Å². The number of halogens is 1. The van der Waals surface area contributed by atoms with Crippen LogP contribution in [-0.4, -0.2) is 38.4 Å². The van der Waals surface area contributed by atoms with Crippen LogP contribution in [0.1, 0.15) is 26.3 Å². The Morgan fingerprint density at radius 2 is 1.67 bits per heavy atom. The number of rotatable bonds is 6. The highest BCUT2D eigenvalue weighted by molar-refractivity contribution is 9.10. The zero-order chi connectivity index (χ0) is 23.2. The molecule has 0 atom stereocenters. The predicted molar refractivity (Wildman–Crippen MR) is 125 cm³/mol. The molecule has 1 N–H and O–H groups in total. The SMILES string of the molecule is COc1cc(/C=N/NC(=O)c2ccc3c(c2)OCCO3)ccc1OC(=O)c1ccc(Br)cc1. The number of fused-ring (bicyclic) bond motifs is 1. The highest BCUT2D eigenvalue weighted by atomic mass is 79.9. The smallest absolute Gasteiger partial charge is 0.343 e. The van der Waals surface area contributed by atoms with Crippen LogP contribution in [0.2, 0.25) is 0 Å². The molecule has 33 heavy (non-hydrogen) atoms. The van der Waals surface area contributed by atoms with Crippen molar-refractivity contribution in [1.82, 2.24) is 5.43 Å². The summed E-state index contributed by atoms with van der Waals surface area (Å²) in [6.45, 7) is 0.918. The molecule has 3 aromatic rings. The summed E-state index contributed by atoms with van der Waals surface area (Å²) < 4.78 is 22.6. The number of hydrogen-bond donors (Lipinski definition) is 1. The largest absolute Gasteiger partial charge is 0.493 e. The first-order valence-electron chi connectivity index (χ1n) is 9.92. The van der Waals surface area contributed by atoms with Crippen molar-refractivity contribution in [2.75, 3.05) is 20.3 Å². The van der Waals surface area contributed by atoms with E-state index in [0.717, 1.165) is 4.47 Å². The molecular formula is C24H19BrN2O6. The maximum Gasteiger partial charge on any atom is 0.343 e. The van der Waals surface area contributed by atoms with Crippen LogP contribution in [0.5, 0.6) is 23.0 Å². The number of nitrogens with one attached hydrogen (secondary N) is 1. The molecule has 0 saturated heterocycles. The molecule has 0 unspecified atom stereocenters. The molecule has 9 heteroatoms. The summed E-state index contributed by atoms with van der Waals surface area (Å²) in [6.07, 6.45) is 1.46. The Morgan fingerprint density at radius 3 is 2.42 bits per heavy atom. The van der Waals surface area contributed by atoms with Crippen LogP contribution in [0.4, 0.5) is 0 Å². The van der Waals surface area contributed by atoms with Gasteiger partial charge in [-0.1, -0.05) is 15.9 Å². The highest BCUT2D eigenvalue weighted by Gasteiger charge is 2.15. The standard InChI is InChI=1S/C24H19BrN2O6/c1-30-21-12-15(2-8-20(21)33-24(29)16-3-6-18(25)7-4-16)14-26-27-23(28)17-5-9-19-22(13-17)32-11-10-31-19/h2-9,12-14H,10-11H2,1H3,(H,27,28)/b26-14+. The molecule has 1 aliphatic heterocycles. The maximum absolute atomic E-state index is 12.4. The number of nitrogens with zero attached hydrogens (tertiary/aromatic N) is 1. The molecule has 0 aliphatic carbocycles. The molecule has 1 amide bonds. The topological polar surface area (TPSA) is 95.5 Å². The van der Waals surface area contributed by atoms with Crippen LogP contribution >= 0.6 is 15.9 Å². The highest BCUT2D eigenvalue weighted by Crippen LogP contribution is 2.31. The summed E-state index contributed by atoms with van der Waals surface area (Å²) in [6, 6.07) is 16.7. The quantitative estimate of drug-likeness (QED) is 0.231. The monoisotopic (exact) mass is 510 g/mol. The van der Waals surface area contributed by atoms with E-state index in [1.165, 1.54) is 13.3 Å². The van der Waals surface area contributed by atoms with E-state index in [4.69, 9.17) is 18.9 Å². The number of carbonyl (C=O) groups is 2. The number of hydrazone groups is 1. The third-order valence-electron chi connectivity index (χ3n) is 4.65. The van der Waals surface area contributed by atoms with Crippen molar-refractivity contribution in [3.63, 3.8) is 0 Å². The van der Waals surface area contributed by atoms with E-state index in [1.807, 2.05) is 0 Å². The molecule has 0 spiro atoms.